The van der Waals surface area contributed by atoms with Gasteiger partial charge < -0.3 is 24.8 Å². The van der Waals surface area contributed by atoms with Crippen molar-refractivity contribution in [2.75, 3.05) is 7.11 Å². The molecule has 1 amide bonds. The van der Waals surface area contributed by atoms with E-state index in [1.807, 2.05) is 0 Å². The normalized spacial score (nSPS) is 16.7. The highest BCUT2D eigenvalue weighted by Crippen LogP contribution is 2.34. The minimum absolute atomic E-state index is 0.0799. The van der Waals surface area contributed by atoms with Gasteiger partial charge in [0, 0.05) is 6.42 Å². The molecule has 0 unspecified atom stereocenters. The third-order valence-electron chi connectivity index (χ3n) is 3.30. The van der Waals surface area contributed by atoms with Crippen molar-refractivity contribution in [2.24, 2.45) is 0 Å². The summed E-state index contributed by atoms with van der Waals surface area (Å²) >= 11 is 0. The molecular formula is C13H16BNO6. The quantitative estimate of drug-likeness (QED) is 0.687. The maximum absolute atomic E-state index is 11.4. The molecule has 1 aromatic rings. The fourth-order valence-corrected chi connectivity index (χ4v) is 2.20. The molecule has 1 aliphatic rings. The summed E-state index contributed by atoms with van der Waals surface area (Å²) in [6.07, 6.45) is 0.550. The van der Waals surface area contributed by atoms with Crippen LogP contribution in [0, 0.1) is 0 Å². The Labute approximate surface area is 122 Å². The smallest absolute Gasteiger partial charge is 0.534 e. The van der Waals surface area contributed by atoms with E-state index in [2.05, 4.69) is 5.32 Å². The standard InChI is InChI=1S/C13H16BNO6/c1-3-11(16)15-10-5-7-4-8(20-2)6-9(13(17)18)12(7)21-14(10)19/h4,6,10,19H,3,5H2,1-2H3,(H,15,16)(H,17,18)/t10-/m0/s1. The second kappa shape index (κ2) is 6.05. The zero-order chi connectivity index (χ0) is 15.6. The van der Waals surface area contributed by atoms with Gasteiger partial charge in [0.2, 0.25) is 5.91 Å². The molecule has 2 rings (SSSR count). The number of carbonyl (C=O) groups is 2. The van der Waals surface area contributed by atoms with Crippen molar-refractivity contribution >= 4 is 19.0 Å². The van der Waals surface area contributed by atoms with Gasteiger partial charge in [-0.05, 0) is 24.1 Å². The largest absolute Gasteiger partial charge is 0.547 e. The van der Waals surface area contributed by atoms with Crippen LogP contribution in [0.15, 0.2) is 12.1 Å². The van der Waals surface area contributed by atoms with Crippen LogP contribution in [-0.4, -0.2) is 42.2 Å². The van der Waals surface area contributed by atoms with Gasteiger partial charge in [-0.3, -0.25) is 4.79 Å². The number of hydrogen-bond acceptors (Lipinski definition) is 5. The molecule has 0 spiro atoms. The topological polar surface area (TPSA) is 105 Å². The van der Waals surface area contributed by atoms with Gasteiger partial charge in [-0.15, -0.1) is 0 Å². The Kier molecular flexibility index (Phi) is 4.37. The first-order chi connectivity index (χ1) is 9.96. The highest BCUT2D eigenvalue weighted by molar-refractivity contribution is 6.47. The molecule has 0 saturated heterocycles. The molecule has 0 aromatic heterocycles. The first-order valence-electron chi connectivity index (χ1n) is 6.54. The lowest BCUT2D eigenvalue weighted by molar-refractivity contribution is -0.121. The van der Waals surface area contributed by atoms with Crippen molar-refractivity contribution < 1.29 is 29.1 Å². The molecule has 8 heteroatoms. The van der Waals surface area contributed by atoms with E-state index in [1.165, 1.54) is 13.2 Å². The third-order valence-corrected chi connectivity index (χ3v) is 3.30. The van der Waals surface area contributed by atoms with Crippen LogP contribution in [0.1, 0.15) is 29.3 Å². The fourth-order valence-electron chi connectivity index (χ4n) is 2.20. The summed E-state index contributed by atoms with van der Waals surface area (Å²) in [5, 5.41) is 21.8. The van der Waals surface area contributed by atoms with Crippen LogP contribution in [0.2, 0.25) is 0 Å². The van der Waals surface area contributed by atoms with E-state index >= 15 is 0 Å². The number of nitrogens with one attached hydrogen (secondary N) is 1. The van der Waals surface area contributed by atoms with Gasteiger partial charge in [0.15, 0.2) is 0 Å². The van der Waals surface area contributed by atoms with Crippen molar-refractivity contribution in [1.82, 2.24) is 5.32 Å². The van der Waals surface area contributed by atoms with E-state index in [4.69, 9.17) is 9.39 Å². The number of fused-ring (bicyclic) bond motifs is 1. The molecular weight excluding hydrogens is 277 g/mol. The third kappa shape index (κ3) is 3.10. The summed E-state index contributed by atoms with van der Waals surface area (Å²) in [5.74, 6) is -1.52. The van der Waals surface area contributed by atoms with Crippen LogP contribution in [0.5, 0.6) is 11.5 Å². The summed E-state index contributed by atoms with van der Waals surface area (Å²) in [4.78, 5) is 22.7. The second-order valence-corrected chi connectivity index (χ2v) is 4.71. The van der Waals surface area contributed by atoms with Crippen molar-refractivity contribution in [2.45, 2.75) is 25.7 Å². The number of hydrogen-bond donors (Lipinski definition) is 3. The summed E-state index contributed by atoms with van der Waals surface area (Å²) in [5.41, 5.74) is 0.488. The Morgan fingerprint density at radius 3 is 2.81 bits per heavy atom. The molecule has 0 aliphatic carbocycles. The molecule has 21 heavy (non-hydrogen) atoms. The molecule has 1 heterocycles. The van der Waals surface area contributed by atoms with Crippen LogP contribution >= 0.6 is 0 Å². The second-order valence-electron chi connectivity index (χ2n) is 4.71. The van der Waals surface area contributed by atoms with Crippen LogP contribution < -0.4 is 14.7 Å². The molecule has 1 aromatic carbocycles. The lowest BCUT2D eigenvalue weighted by Crippen LogP contribution is -2.53. The SMILES string of the molecule is CCC(=O)N[C@H]1Cc2cc(OC)cc(C(=O)O)c2OB1O. The average Bonchev–Trinajstić information content (AvgIpc) is 2.46. The van der Waals surface area contributed by atoms with Crippen LogP contribution in [-0.2, 0) is 11.2 Å². The lowest BCUT2D eigenvalue weighted by Gasteiger charge is -2.29. The summed E-state index contributed by atoms with van der Waals surface area (Å²) in [6, 6.07) is 2.97. The van der Waals surface area contributed by atoms with E-state index < -0.39 is 19.0 Å². The predicted molar refractivity (Wildman–Crippen MR) is 74.5 cm³/mol. The number of carboxylic acids is 1. The minimum Gasteiger partial charge on any atom is -0.534 e. The maximum atomic E-state index is 11.4. The monoisotopic (exact) mass is 293 g/mol. The Balaban J connectivity index is 2.36. The minimum atomic E-state index is -1.29. The number of carboxylic acid groups (broad SMARTS) is 1. The molecule has 0 bridgehead atoms. The van der Waals surface area contributed by atoms with Crippen molar-refractivity contribution in [1.29, 1.82) is 0 Å². The van der Waals surface area contributed by atoms with Gasteiger partial charge in [-0.2, -0.15) is 0 Å². The van der Waals surface area contributed by atoms with Crippen molar-refractivity contribution in [3.8, 4) is 11.5 Å². The Morgan fingerprint density at radius 1 is 1.52 bits per heavy atom. The number of benzene rings is 1. The lowest BCUT2D eigenvalue weighted by atomic mass is 9.72. The molecule has 1 atom stereocenters. The number of carbonyl (C=O) groups excluding carboxylic acids is 1. The predicted octanol–water partition coefficient (Wildman–Crippen LogP) is 0.243. The van der Waals surface area contributed by atoms with E-state index in [1.54, 1.807) is 13.0 Å². The van der Waals surface area contributed by atoms with E-state index in [-0.39, 0.29) is 30.1 Å². The first kappa shape index (κ1) is 15.2. The molecule has 1 aliphatic heterocycles. The Morgan fingerprint density at radius 2 is 2.24 bits per heavy atom. The molecule has 112 valence electrons. The number of aromatic carboxylic acids is 1. The highest BCUT2D eigenvalue weighted by atomic mass is 16.5. The van der Waals surface area contributed by atoms with Gasteiger partial charge in [-0.25, -0.2) is 4.79 Å². The fraction of sp³-hybridized carbons (Fsp3) is 0.385. The zero-order valence-electron chi connectivity index (χ0n) is 11.8. The number of methoxy groups -OCH3 is 1. The maximum Gasteiger partial charge on any atom is 0.547 e. The van der Waals surface area contributed by atoms with Gasteiger partial charge >= 0.3 is 13.1 Å². The van der Waals surface area contributed by atoms with Crippen LogP contribution in [0.4, 0.5) is 0 Å². The average molecular weight is 293 g/mol. The van der Waals surface area contributed by atoms with E-state index in [0.717, 1.165) is 0 Å². The van der Waals surface area contributed by atoms with Gasteiger partial charge in [-0.1, -0.05) is 6.92 Å². The van der Waals surface area contributed by atoms with Gasteiger partial charge in [0.05, 0.1) is 13.1 Å². The van der Waals surface area contributed by atoms with Gasteiger partial charge in [0.25, 0.3) is 0 Å². The van der Waals surface area contributed by atoms with Crippen molar-refractivity contribution in [3.05, 3.63) is 23.3 Å². The molecule has 0 radical (unpaired) electrons. The van der Waals surface area contributed by atoms with Crippen molar-refractivity contribution in [3.63, 3.8) is 0 Å². The zero-order valence-corrected chi connectivity index (χ0v) is 11.8. The Hall–Kier alpha value is -2.22. The number of amides is 1. The van der Waals surface area contributed by atoms with E-state index in [9.17, 15) is 19.7 Å². The first-order valence-corrected chi connectivity index (χ1v) is 6.54. The molecule has 0 fully saturated rings. The van der Waals surface area contributed by atoms with Gasteiger partial charge in [0.1, 0.15) is 17.1 Å². The molecule has 0 saturated carbocycles. The van der Waals surface area contributed by atoms with E-state index in [0.29, 0.717) is 11.3 Å². The Bertz CT molecular complexity index is 576. The highest BCUT2D eigenvalue weighted by Gasteiger charge is 2.38. The molecule has 3 N–H and O–H groups in total. The number of ether oxygens (including phenoxy) is 1. The van der Waals surface area contributed by atoms with Crippen LogP contribution in [0.3, 0.4) is 0 Å². The number of rotatable bonds is 4. The molecule has 7 nitrogen and oxygen atoms in total. The summed E-state index contributed by atoms with van der Waals surface area (Å²) < 4.78 is 10.4. The van der Waals surface area contributed by atoms with Crippen LogP contribution in [0.25, 0.3) is 0 Å². The summed E-state index contributed by atoms with van der Waals surface area (Å²) in [6.45, 7) is 1.70. The summed E-state index contributed by atoms with van der Waals surface area (Å²) in [7, 11) is 0.141.